The third-order valence-corrected chi connectivity index (χ3v) is 4.63. The van der Waals surface area contributed by atoms with Crippen LogP contribution in [0.4, 0.5) is 0 Å². The second kappa shape index (κ2) is 6.38. The minimum absolute atomic E-state index is 0.101. The quantitative estimate of drug-likeness (QED) is 0.282. The van der Waals surface area contributed by atoms with E-state index < -0.39 is 68.2 Å². The van der Waals surface area contributed by atoms with Crippen molar-refractivity contribution >= 4 is 0 Å². The molecule has 3 heterocycles. The first-order chi connectivity index (χ1) is 13.9. The maximum Gasteiger partial charge on any atom is 0.272 e. The van der Waals surface area contributed by atoms with Gasteiger partial charge in [-0.2, -0.15) is 0 Å². The van der Waals surface area contributed by atoms with Crippen molar-refractivity contribution in [2.45, 2.75) is 24.7 Å². The molecule has 30 heavy (non-hydrogen) atoms. The molecular weight excluding hydrogens is 432 g/mol. The molecule has 0 bridgehead atoms. The van der Waals surface area contributed by atoms with Crippen LogP contribution >= 0.6 is 0 Å². The van der Waals surface area contributed by atoms with Gasteiger partial charge >= 0.3 is 0 Å². The first-order valence-electron chi connectivity index (χ1n) is 7.39. The van der Waals surface area contributed by atoms with E-state index in [4.69, 9.17) is 0 Å². The summed E-state index contributed by atoms with van der Waals surface area (Å²) in [7, 11) is 0. The molecule has 3 rings (SSSR count). The molecule has 3 aliphatic heterocycles. The van der Waals surface area contributed by atoms with Crippen LogP contribution in [0, 0.1) is 60.7 Å². The van der Waals surface area contributed by atoms with Crippen LogP contribution in [0.3, 0.4) is 0 Å². The van der Waals surface area contributed by atoms with E-state index in [0.717, 1.165) is 0 Å². The van der Waals surface area contributed by atoms with Crippen LogP contribution in [-0.4, -0.2) is 98.2 Å². The lowest BCUT2D eigenvalue weighted by atomic mass is 10.2. The molecule has 0 radical (unpaired) electrons. The molecule has 0 N–H and O–H groups in total. The number of piperazine rings is 1. The van der Waals surface area contributed by atoms with Crippen molar-refractivity contribution < 1.29 is 30.2 Å². The molecule has 0 spiro atoms. The molecule has 0 saturated carbocycles. The van der Waals surface area contributed by atoms with Crippen LogP contribution in [0.5, 0.6) is 0 Å². The summed E-state index contributed by atoms with van der Waals surface area (Å²) in [5, 5.41) is 59.8. The average molecular weight is 440 g/mol. The smallest absolute Gasteiger partial charge is 0.235 e. The summed E-state index contributed by atoms with van der Waals surface area (Å²) in [6, 6.07) is 0. The minimum atomic E-state index is -2.39. The van der Waals surface area contributed by atoms with E-state index in [2.05, 4.69) is 0 Å². The van der Waals surface area contributed by atoms with Crippen molar-refractivity contribution in [2.75, 3.05) is 13.3 Å². The van der Waals surface area contributed by atoms with Crippen molar-refractivity contribution in [3.8, 4) is 0 Å². The van der Waals surface area contributed by atoms with E-state index in [-0.39, 0.29) is 30.1 Å². The van der Waals surface area contributed by atoms with Gasteiger partial charge < -0.3 is 0 Å². The fourth-order valence-electron chi connectivity index (χ4n) is 3.63. The van der Waals surface area contributed by atoms with Crippen molar-refractivity contribution in [1.82, 2.24) is 30.1 Å². The molecule has 24 nitrogen and oxygen atoms in total. The Balaban J connectivity index is 2.27. The summed E-state index contributed by atoms with van der Waals surface area (Å²) >= 11 is 0. The SMILES string of the molecule is O=[N+]([O-])N1CN([N+](=O)[O-])C2C1N([N+](=O)[O-])C1C(N([N+](=O)[O-])CN1[N+](=O)[O-])N2[N+](=O)[O-]. The number of rotatable bonds is 6. The lowest BCUT2D eigenvalue weighted by Crippen LogP contribution is -2.77. The second-order valence-electron chi connectivity index (χ2n) is 5.88. The molecule has 0 amide bonds. The molecule has 3 fully saturated rings. The van der Waals surface area contributed by atoms with Gasteiger partial charge in [0, 0.05) is 0 Å². The van der Waals surface area contributed by atoms with Crippen LogP contribution in [0.1, 0.15) is 0 Å². The Bertz CT molecular complexity index is 730. The van der Waals surface area contributed by atoms with E-state index in [1.54, 1.807) is 0 Å². The van der Waals surface area contributed by atoms with E-state index in [0.29, 0.717) is 0 Å². The van der Waals surface area contributed by atoms with Gasteiger partial charge in [0.15, 0.2) is 30.2 Å². The van der Waals surface area contributed by atoms with Gasteiger partial charge in [-0.1, -0.05) is 30.1 Å². The molecule has 24 heteroatoms. The predicted octanol–water partition coefficient (Wildman–Crippen LogP) is -3.79. The van der Waals surface area contributed by atoms with Crippen molar-refractivity contribution in [2.24, 2.45) is 0 Å². The van der Waals surface area contributed by atoms with Crippen LogP contribution in [-0.2, 0) is 0 Å². The van der Waals surface area contributed by atoms with E-state index >= 15 is 0 Å². The van der Waals surface area contributed by atoms with Gasteiger partial charge in [-0.25, -0.2) is 60.7 Å². The monoisotopic (exact) mass is 440 g/mol. The summed E-state index contributed by atoms with van der Waals surface area (Å²) < 4.78 is 0. The topological polar surface area (TPSA) is 278 Å². The summed E-state index contributed by atoms with van der Waals surface area (Å²) in [6.07, 6.45) is -9.55. The number of fused-ring (bicyclic) bond motifs is 2. The van der Waals surface area contributed by atoms with Crippen LogP contribution in [0.2, 0.25) is 0 Å². The fraction of sp³-hybridized carbons (Fsp3) is 1.00. The van der Waals surface area contributed by atoms with Crippen molar-refractivity contribution in [1.29, 1.82) is 0 Å². The maximum atomic E-state index is 11.7. The van der Waals surface area contributed by atoms with E-state index in [1.807, 2.05) is 0 Å². The standard InChI is InChI=1S/C6H8N12O12/c19-13(20)7-1-8(14(21)22)4-3(7)11(17(27)28)5-6(12(4)18(29)30)10(16(25)26)2-9(5)15(23)24/h3-6H,1-2H2. The van der Waals surface area contributed by atoms with Crippen LogP contribution in [0.15, 0.2) is 0 Å². The van der Waals surface area contributed by atoms with Crippen molar-refractivity contribution in [3.63, 3.8) is 0 Å². The molecule has 4 unspecified atom stereocenters. The van der Waals surface area contributed by atoms with Gasteiger partial charge in [0.1, 0.15) is 0 Å². The van der Waals surface area contributed by atoms with Gasteiger partial charge in [0.25, 0.3) is 24.7 Å². The highest BCUT2D eigenvalue weighted by molar-refractivity contribution is 4.96. The van der Waals surface area contributed by atoms with Gasteiger partial charge in [-0.15, -0.1) is 0 Å². The Morgan fingerprint density at radius 2 is 0.633 bits per heavy atom. The summed E-state index contributed by atoms with van der Waals surface area (Å²) in [6.45, 7) is -2.58. The summed E-state index contributed by atoms with van der Waals surface area (Å²) in [5.41, 5.74) is 0. The number of nitrogens with zero attached hydrogens (tertiary/aromatic N) is 12. The Hall–Kier alpha value is -4.80. The molecule has 164 valence electrons. The molecule has 0 aromatic heterocycles. The first-order valence-corrected chi connectivity index (χ1v) is 7.39. The third kappa shape index (κ3) is 2.53. The fourth-order valence-corrected chi connectivity index (χ4v) is 3.63. The molecule has 3 saturated heterocycles. The number of nitro groups is 6. The number of hydrazine groups is 6. The Morgan fingerprint density at radius 1 is 0.433 bits per heavy atom. The Labute approximate surface area is 160 Å². The molecule has 0 aromatic rings. The largest absolute Gasteiger partial charge is 0.272 e. The van der Waals surface area contributed by atoms with Gasteiger partial charge in [0.2, 0.25) is 13.3 Å². The highest BCUT2D eigenvalue weighted by Crippen LogP contribution is 2.40. The van der Waals surface area contributed by atoms with Gasteiger partial charge in [-0.05, 0) is 0 Å². The third-order valence-electron chi connectivity index (χ3n) is 4.63. The average Bonchev–Trinajstić information content (AvgIpc) is 3.18. The maximum absolute atomic E-state index is 11.7. The molecule has 3 aliphatic rings. The zero-order valence-electron chi connectivity index (χ0n) is 14.0. The van der Waals surface area contributed by atoms with Gasteiger partial charge in [-0.3, -0.25) is 0 Å². The summed E-state index contributed by atoms with van der Waals surface area (Å²) in [5.74, 6) is 0. The molecule has 4 atom stereocenters. The highest BCUT2D eigenvalue weighted by Gasteiger charge is 2.78. The Kier molecular flexibility index (Phi) is 4.24. The van der Waals surface area contributed by atoms with Crippen LogP contribution < -0.4 is 0 Å². The lowest BCUT2D eigenvalue weighted by molar-refractivity contribution is -0.792. The zero-order chi connectivity index (χ0) is 22.7. The van der Waals surface area contributed by atoms with E-state index in [9.17, 15) is 60.7 Å². The highest BCUT2D eigenvalue weighted by atomic mass is 16.7. The number of hydrogen-bond acceptors (Lipinski definition) is 12. The molecule has 0 aromatic carbocycles. The van der Waals surface area contributed by atoms with E-state index in [1.165, 1.54) is 0 Å². The van der Waals surface area contributed by atoms with Crippen molar-refractivity contribution in [3.05, 3.63) is 60.7 Å². The summed E-state index contributed by atoms with van der Waals surface area (Å²) in [4.78, 5) is 68.7. The lowest BCUT2D eigenvalue weighted by Gasteiger charge is -2.40. The normalized spacial score (nSPS) is 27.6. The Morgan fingerprint density at radius 3 is 0.767 bits per heavy atom. The predicted molar refractivity (Wildman–Crippen MR) is 77.9 cm³/mol. The number of hydrogen-bond donors (Lipinski definition) is 0. The second-order valence-corrected chi connectivity index (χ2v) is 5.88. The minimum Gasteiger partial charge on any atom is -0.235 e. The molecular formula is C6H8N12O12. The molecule has 0 aliphatic carbocycles. The first kappa shape index (κ1) is 19.9. The zero-order valence-corrected chi connectivity index (χ0v) is 14.0. The van der Waals surface area contributed by atoms with Gasteiger partial charge in [0.05, 0.1) is 0 Å². The van der Waals surface area contributed by atoms with Crippen LogP contribution in [0.25, 0.3) is 0 Å².